The summed E-state index contributed by atoms with van der Waals surface area (Å²) in [6, 6.07) is -2.08. The van der Waals surface area contributed by atoms with Crippen LogP contribution in [0.3, 0.4) is 0 Å². The van der Waals surface area contributed by atoms with E-state index in [-0.39, 0.29) is 74.0 Å². The summed E-state index contributed by atoms with van der Waals surface area (Å²) >= 11 is 0. The molecule has 0 aromatic heterocycles. The number of hydrogen-bond donors (Lipinski definition) is 11. The fourth-order valence-corrected chi connectivity index (χ4v) is 7.92. The lowest BCUT2D eigenvalue weighted by Crippen LogP contribution is -2.63. The van der Waals surface area contributed by atoms with E-state index >= 15 is 0 Å². The highest BCUT2D eigenvalue weighted by molar-refractivity contribution is 5.98. The van der Waals surface area contributed by atoms with E-state index in [2.05, 4.69) is 42.5 Å². The maximum atomic E-state index is 14.4. The van der Waals surface area contributed by atoms with Crippen LogP contribution in [0.25, 0.3) is 0 Å². The second kappa shape index (κ2) is 31.8. The highest BCUT2D eigenvalue weighted by Gasteiger charge is 2.37. The van der Waals surface area contributed by atoms with Crippen molar-refractivity contribution in [1.82, 2.24) is 42.5 Å². The number of rotatable bonds is 32. The van der Waals surface area contributed by atoms with Crippen LogP contribution in [-0.4, -0.2) is 124 Å². The van der Waals surface area contributed by atoms with Crippen LogP contribution in [-0.2, 0) is 49.6 Å². The van der Waals surface area contributed by atoms with Crippen molar-refractivity contribution >= 4 is 53.2 Å². The molecule has 0 aliphatic rings. The lowest BCUT2D eigenvalue weighted by molar-refractivity contribution is -0.143. The molecule has 0 spiro atoms. The van der Waals surface area contributed by atoms with E-state index in [0.717, 1.165) is 0 Å². The molecule has 8 amide bonds. The molecular weight excluding hydrogens is 939 g/mol. The van der Waals surface area contributed by atoms with Crippen molar-refractivity contribution in [3.05, 3.63) is 35.9 Å². The molecule has 0 saturated carbocycles. The number of carboxylic acid groups (broad SMARTS) is 1. The summed E-state index contributed by atoms with van der Waals surface area (Å²) in [5.74, 6) is -8.24. The highest BCUT2D eigenvalue weighted by Crippen LogP contribution is 2.15. The molecule has 0 aliphatic carbocycles. The van der Waals surface area contributed by atoms with Gasteiger partial charge in [0.05, 0.1) is 12.1 Å². The Labute approximate surface area is 433 Å². The van der Waals surface area contributed by atoms with Gasteiger partial charge < -0.3 is 58.5 Å². The smallest absolute Gasteiger partial charge is 0.326 e. The van der Waals surface area contributed by atoms with E-state index in [0.29, 0.717) is 5.56 Å². The standard InChI is InChI=1S/C53H91N9O11/c1-27(2)21-36(45(64)55-37(22-28(3)4)47(66)60-41(53(72)73)25-31(9)10)56-48(67)40(26-35-19-17-16-18-20-35)59-51(70)43(33(13)14)61-52(71)44(34(15)63)62-49(68)39(24-30(7)8)57-46(65)38(23-29(5)6)58-50(69)42(54)32(11)12/h16-20,27-34,36-44,63H,21-26,54H2,1-15H3,(H,55,64)(H,56,67)(H,57,65)(H,58,69)(H,59,70)(H,60,66)(H,61,71)(H,62,68)(H,72,73)/t34-,36+,37+,38+,39+,40+,41+,42+,43+,44+/m1/s1. The average Bonchev–Trinajstić information content (AvgIpc) is 3.27. The quantitative estimate of drug-likeness (QED) is 0.0496. The summed E-state index contributed by atoms with van der Waals surface area (Å²) in [5, 5.41) is 42.1. The van der Waals surface area contributed by atoms with Gasteiger partial charge in [0, 0.05) is 6.42 Å². The topological polar surface area (TPSA) is 316 Å². The number of aliphatic carboxylic acids is 1. The Morgan fingerprint density at radius 3 is 1.04 bits per heavy atom. The van der Waals surface area contributed by atoms with Crippen LogP contribution in [0.4, 0.5) is 0 Å². The zero-order chi connectivity index (χ0) is 56.0. The highest BCUT2D eigenvalue weighted by atomic mass is 16.4. The minimum absolute atomic E-state index is 0.0276. The number of aliphatic hydroxyl groups excluding tert-OH is 1. The maximum absolute atomic E-state index is 14.4. The zero-order valence-electron chi connectivity index (χ0n) is 46.1. The summed E-state index contributed by atoms with van der Waals surface area (Å²) in [5.41, 5.74) is 6.71. The van der Waals surface area contributed by atoms with Gasteiger partial charge in [-0.2, -0.15) is 0 Å². The van der Waals surface area contributed by atoms with Gasteiger partial charge in [-0.25, -0.2) is 4.79 Å². The molecule has 0 fully saturated rings. The Morgan fingerprint density at radius 2 is 0.699 bits per heavy atom. The average molecular weight is 1030 g/mol. The van der Waals surface area contributed by atoms with Crippen LogP contribution in [0, 0.1) is 41.4 Å². The van der Waals surface area contributed by atoms with Crippen molar-refractivity contribution in [1.29, 1.82) is 0 Å². The molecule has 0 radical (unpaired) electrons. The van der Waals surface area contributed by atoms with E-state index in [9.17, 15) is 53.4 Å². The van der Waals surface area contributed by atoms with Crippen LogP contribution < -0.4 is 48.3 Å². The van der Waals surface area contributed by atoms with Gasteiger partial charge in [-0.05, 0) is 86.0 Å². The van der Waals surface area contributed by atoms with Crippen molar-refractivity contribution in [2.45, 2.75) is 203 Å². The van der Waals surface area contributed by atoms with Crippen molar-refractivity contribution < 1.29 is 53.4 Å². The van der Waals surface area contributed by atoms with Gasteiger partial charge in [0.15, 0.2) is 0 Å². The van der Waals surface area contributed by atoms with Gasteiger partial charge in [-0.3, -0.25) is 38.4 Å². The van der Waals surface area contributed by atoms with E-state index < -0.39 is 120 Å². The second-order valence-corrected chi connectivity index (χ2v) is 22.3. The van der Waals surface area contributed by atoms with Crippen LogP contribution in [0.1, 0.15) is 142 Å². The summed E-state index contributed by atoms with van der Waals surface area (Å²) in [6.45, 7) is 26.6. The fraction of sp³-hybridized carbons (Fsp3) is 0.717. The Hall–Kier alpha value is -5.63. The van der Waals surface area contributed by atoms with E-state index in [4.69, 9.17) is 5.73 Å². The minimum Gasteiger partial charge on any atom is -0.480 e. The van der Waals surface area contributed by atoms with Crippen molar-refractivity contribution in [3.63, 3.8) is 0 Å². The molecule has 20 nitrogen and oxygen atoms in total. The largest absolute Gasteiger partial charge is 0.480 e. The lowest BCUT2D eigenvalue weighted by Gasteiger charge is -2.30. The Morgan fingerprint density at radius 1 is 0.397 bits per heavy atom. The number of aliphatic hydroxyl groups is 1. The summed E-state index contributed by atoms with van der Waals surface area (Å²) in [4.78, 5) is 123. The lowest BCUT2D eigenvalue weighted by atomic mass is 9.98. The van der Waals surface area contributed by atoms with Gasteiger partial charge >= 0.3 is 5.97 Å². The third-order valence-corrected chi connectivity index (χ3v) is 11.9. The van der Waals surface area contributed by atoms with E-state index in [1.165, 1.54) is 6.92 Å². The van der Waals surface area contributed by atoms with Crippen molar-refractivity contribution in [2.75, 3.05) is 0 Å². The van der Waals surface area contributed by atoms with Gasteiger partial charge in [0.1, 0.15) is 48.3 Å². The first-order valence-corrected chi connectivity index (χ1v) is 26.0. The summed E-state index contributed by atoms with van der Waals surface area (Å²) in [7, 11) is 0. The molecule has 0 heterocycles. The van der Waals surface area contributed by atoms with Gasteiger partial charge in [-0.1, -0.05) is 127 Å². The number of carbonyl (C=O) groups is 9. The molecular formula is C53H91N9O11. The number of carboxylic acids is 1. The number of nitrogens with two attached hydrogens (primary N) is 1. The van der Waals surface area contributed by atoms with E-state index in [1.54, 1.807) is 58.0 Å². The fourth-order valence-electron chi connectivity index (χ4n) is 7.92. The third kappa shape index (κ3) is 24.3. The molecule has 0 unspecified atom stereocenters. The first kappa shape index (κ1) is 65.4. The molecule has 0 bridgehead atoms. The Balaban J connectivity index is 3.50. The van der Waals surface area contributed by atoms with Crippen LogP contribution in [0.15, 0.2) is 30.3 Å². The Kier molecular flexibility index (Phi) is 28.5. The zero-order valence-corrected chi connectivity index (χ0v) is 46.1. The number of carbonyl (C=O) groups excluding carboxylic acids is 8. The molecule has 414 valence electrons. The monoisotopic (exact) mass is 1030 g/mol. The summed E-state index contributed by atoms with van der Waals surface area (Å²) in [6.07, 6.45) is -0.696. The molecule has 1 aromatic rings. The predicted octanol–water partition coefficient (Wildman–Crippen LogP) is 2.44. The van der Waals surface area contributed by atoms with Gasteiger partial charge in [-0.15, -0.1) is 0 Å². The van der Waals surface area contributed by atoms with Gasteiger partial charge in [0.2, 0.25) is 47.3 Å². The number of nitrogens with one attached hydrogen (secondary N) is 8. The maximum Gasteiger partial charge on any atom is 0.326 e. The first-order chi connectivity index (χ1) is 33.8. The molecule has 0 saturated heterocycles. The Bertz CT molecular complexity index is 1960. The minimum atomic E-state index is -1.62. The number of hydrogen-bond acceptors (Lipinski definition) is 11. The third-order valence-electron chi connectivity index (χ3n) is 11.9. The molecule has 10 atom stereocenters. The van der Waals surface area contributed by atoms with Crippen LogP contribution >= 0.6 is 0 Å². The molecule has 20 heteroatoms. The molecule has 1 aromatic carbocycles. The van der Waals surface area contributed by atoms with Gasteiger partial charge in [0.25, 0.3) is 0 Å². The van der Waals surface area contributed by atoms with Crippen molar-refractivity contribution in [3.8, 4) is 0 Å². The normalized spacial score (nSPS) is 15.8. The van der Waals surface area contributed by atoms with Crippen LogP contribution in [0.2, 0.25) is 0 Å². The summed E-state index contributed by atoms with van der Waals surface area (Å²) < 4.78 is 0. The van der Waals surface area contributed by atoms with Crippen molar-refractivity contribution in [2.24, 2.45) is 47.2 Å². The SMILES string of the molecule is CC(C)C[C@H](NC(=O)[C@H](CC(C)C)NC(=O)[C@H](CC(C)C)NC(=O)[C@H](Cc1ccccc1)NC(=O)[C@@H](NC(=O)[C@@H](NC(=O)[C@H](CC(C)C)NC(=O)[C@H](CC(C)C)NC(=O)[C@@H](N)C(C)C)[C@@H](C)O)C(C)C)C(=O)O. The van der Waals surface area contributed by atoms with Crippen LogP contribution in [0.5, 0.6) is 0 Å². The number of amides is 8. The molecule has 73 heavy (non-hydrogen) atoms. The van der Waals surface area contributed by atoms with E-state index in [1.807, 2.05) is 69.2 Å². The first-order valence-electron chi connectivity index (χ1n) is 26.0. The molecule has 1 rings (SSSR count). The second-order valence-electron chi connectivity index (χ2n) is 22.3. The predicted molar refractivity (Wildman–Crippen MR) is 280 cm³/mol. The number of benzene rings is 1. The molecule has 0 aliphatic heterocycles. The molecule has 12 N–H and O–H groups in total.